The highest BCUT2D eigenvalue weighted by Gasteiger charge is 2.33. The molecule has 2 aliphatic rings. The zero-order valence-corrected chi connectivity index (χ0v) is 13.1. The molecule has 1 aromatic heterocycles. The van der Waals surface area contributed by atoms with Crippen LogP contribution in [0.5, 0.6) is 11.5 Å². The predicted molar refractivity (Wildman–Crippen MR) is 85.0 cm³/mol. The molecule has 0 aliphatic carbocycles. The summed E-state index contributed by atoms with van der Waals surface area (Å²) in [6.07, 6.45) is 3.11. The first-order chi connectivity index (χ1) is 11.7. The van der Waals surface area contributed by atoms with Crippen LogP contribution in [0.3, 0.4) is 0 Å². The van der Waals surface area contributed by atoms with Crippen molar-refractivity contribution in [3.8, 4) is 11.5 Å². The lowest BCUT2D eigenvalue weighted by molar-refractivity contribution is -0.921. The maximum atomic E-state index is 12.5. The molecule has 1 aromatic carbocycles. The highest BCUT2D eigenvalue weighted by molar-refractivity contribution is 6.14. The molecule has 0 radical (unpaired) electrons. The Morgan fingerprint density at radius 1 is 1.21 bits per heavy atom. The van der Waals surface area contributed by atoms with E-state index in [2.05, 4.69) is 0 Å². The Kier molecular flexibility index (Phi) is 3.84. The summed E-state index contributed by atoms with van der Waals surface area (Å²) in [4.78, 5) is 13.8. The normalized spacial score (nSPS) is 19.5. The van der Waals surface area contributed by atoms with E-state index in [0.29, 0.717) is 42.4 Å². The smallest absolute Gasteiger partial charge is 0.232 e. The first kappa shape index (κ1) is 15.0. The van der Waals surface area contributed by atoms with Crippen molar-refractivity contribution in [1.29, 1.82) is 0 Å². The molecule has 0 spiro atoms. The summed E-state index contributed by atoms with van der Waals surface area (Å²) in [6, 6.07) is 6.67. The Morgan fingerprint density at radius 2 is 2.04 bits per heavy atom. The third-order valence-corrected chi connectivity index (χ3v) is 4.36. The van der Waals surface area contributed by atoms with E-state index in [4.69, 9.17) is 13.9 Å². The van der Waals surface area contributed by atoms with Crippen molar-refractivity contribution < 1.29 is 28.7 Å². The van der Waals surface area contributed by atoms with Gasteiger partial charge in [-0.2, -0.15) is 0 Å². The Labute approximate surface area is 138 Å². The molecule has 0 amide bonds. The molecule has 2 aromatic rings. The number of morpholine rings is 1. The van der Waals surface area contributed by atoms with Crippen LogP contribution in [-0.2, 0) is 11.3 Å². The van der Waals surface area contributed by atoms with E-state index in [-0.39, 0.29) is 17.3 Å². The number of Topliss-reactive ketones (excluding diaryl/α,β-unsaturated/α-hetero) is 1. The lowest BCUT2D eigenvalue weighted by Gasteiger charge is -2.24. The quantitative estimate of drug-likeness (QED) is 0.823. The number of rotatable bonds is 3. The van der Waals surface area contributed by atoms with Crippen LogP contribution >= 0.6 is 0 Å². The van der Waals surface area contributed by atoms with Gasteiger partial charge in [0.25, 0.3) is 0 Å². The average molecular weight is 328 g/mol. The SMILES string of the molecule is O=C1/C(=C/c2ccco2)Oc2c1ccc(O)c2C[NH+]1CCOCC1. The van der Waals surface area contributed by atoms with Gasteiger partial charge in [0.05, 0.1) is 30.6 Å². The van der Waals surface area contributed by atoms with Gasteiger partial charge < -0.3 is 23.9 Å². The molecular formula is C18H18NO5+. The number of hydrogen-bond acceptors (Lipinski definition) is 5. The maximum absolute atomic E-state index is 12.5. The van der Waals surface area contributed by atoms with E-state index in [1.54, 1.807) is 30.3 Å². The van der Waals surface area contributed by atoms with Gasteiger partial charge in [-0.15, -0.1) is 0 Å². The summed E-state index contributed by atoms with van der Waals surface area (Å²) in [6.45, 7) is 3.74. The number of ether oxygens (including phenoxy) is 2. The number of furan rings is 1. The number of phenols is 1. The van der Waals surface area contributed by atoms with E-state index in [1.807, 2.05) is 0 Å². The molecule has 2 N–H and O–H groups in total. The molecule has 6 heteroatoms. The number of hydrogen-bond donors (Lipinski definition) is 2. The van der Waals surface area contributed by atoms with Gasteiger partial charge in [-0.1, -0.05) is 0 Å². The minimum atomic E-state index is -0.195. The second-order valence-electron chi connectivity index (χ2n) is 5.93. The largest absolute Gasteiger partial charge is 0.507 e. The molecule has 2 aliphatic heterocycles. The molecule has 4 rings (SSSR count). The van der Waals surface area contributed by atoms with Crippen LogP contribution in [0.4, 0.5) is 0 Å². The number of carbonyl (C=O) groups excluding carboxylic acids is 1. The lowest BCUT2D eigenvalue weighted by Crippen LogP contribution is -3.12. The van der Waals surface area contributed by atoms with Crippen molar-refractivity contribution in [3.05, 3.63) is 53.2 Å². The number of carbonyl (C=O) groups is 1. The van der Waals surface area contributed by atoms with Gasteiger partial charge in [0.15, 0.2) is 11.5 Å². The van der Waals surface area contributed by atoms with Gasteiger partial charge >= 0.3 is 0 Å². The number of benzene rings is 1. The van der Waals surface area contributed by atoms with Crippen molar-refractivity contribution in [1.82, 2.24) is 0 Å². The average Bonchev–Trinajstić information content (AvgIpc) is 3.21. The summed E-state index contributed by atoms with van der Waals surface area (Å²) in [5, 5.41) is 10.3. The lowest BCUT2D eigenvalue weighted by atomic mass is 10.0. The van der Waals surface area contributed by atoms with Crippen LogP contribution in [0.15, 0.2) is 40.7 Å². The highest BCUT2D eigenvalue weighted by Crippen LogP contribution is 2.39. The second kappa shape index (κ2) is 6.14. The zero-order chi connectivity index (χ0) is 16.5. The number of aromatic hydroxyl groups is 1. The van der Waals surface area contributed by atoms with Gasteiger partial charge in [0.2, 0.25) is 5.78 Å². The van der Waals surface area contributed by atoms with Gasteiger partial charge in [-0.3, -0.25) is 4.79 Å². The monoisotopic (exact) mass is 328 g/mol. The van der Waals surface area contributed by atoms with E-state index in [0.717, 1.165) is 13.1 Å². The van der Waals surface area contributed by atoms with Gasteiger partial charge in [-0.05, 0) is 24.3 Å². The van der Waals surface area contributed by atoms with Crippen molar-refractivity contribution in [3.63, 3.8) is 0 Å². The molecule has 0 bridgehead atoms. The van der Waals surface area contributed by atoms with Crippen LogP contribution in [0, 0.1) is 0 Å². The van der Waals surface area contributed by atoms with E-state index in [9.17, 15) is 9.90 Å². The van der Waals surface area contributed by atoms with Crippen LogP contribution in [-0.4, -0.2) is 37.2 Å². The topological polar surface area (TPSA) is 73.3 Å². The molecule has 24 heavy (non-hydrogen) atoms. The van der Waals surface area contributed by atoms with Crippen LogP contribution in [0.25, 0.3) is 6.08 Å². The zero-order valence-electron chi connectivity index (χ0n) is 13.1. The van der Waals surface area contributed by atoms with Gasteiger partial charge in [-0.25, -0.2) is 0 Å². The van der Waals surface area contributed by atoms with E-state index < -0.39 is 0 Å². The molecule has 0 unspecified atom stereocenters. The Balaban J connectivity index is 1.66. The third-order valence-electron chi connectivity index (χ3n) is 4.36. The second-order valence-corrected chi connectivity index (χ2v) is 5.93. The van der Waals surface area contributed by atoms with Crippen molar-refractivity contribution in [2.24, 2.45) is 0 Å². The number of ketones is 1. The number of allylic oxidation sites excluding steroid dienone is 1. The Bertz CT molecular complexity index is 788. The fourth-order valence-corrected chi connectivity index (χ4v) is 3.06. The van der Waals surface area contributed by atoms with Crippen LogP contribution in [0.1, 0.15) is 21.7 Å². The molecule has 1 fully saturated rings. The van der Waals surface area contributed by atoms with E-state index >= 15 is 0 Å². The maximum Gasteiger partial charge on any atom is 0.232 e. The summed E-state index contributed by atoms with van der Waals surface area (Å²) < 4.78 is 16.4. The van der Waals surface area contributed by atoms with Crippen molar-refractivity contribution in [2.75, 3.05) is 26.3 Å². The molecule has 6 nitrogen and oxygen atoms in total. The number of quaternary nitrogens is 1. The number of fused-ring (bicyclic) bond motifs is 1. The van der Waals surface area contributed by atoms with Crippen LogP contribution < -0.4 is 9.64 Å². The molecule has 124 valence electrons. The third kappa shape index (κ3) is 2.70. The van der Waals surface area contributed by atoms with Gasteiger partial charge in [0.1, 0.15) is 31.1 Å². The molecule has 0 atom stereocenters. The minimum Gasteiger partial charge on any atom is -0.507 e. The molecule has 3 heterocycles. The van der Waals surface area contributed by atoms with Crippen molar-refractivity contribution in [2.45, 2.75) is 6.54 Å². The van der Waals surface area contributed by atoms with Crippen molar-refractivity contribution >= 4 is 11.9 Å². The standard InChI is InChI=1S/C18H17NO5/c20-15-4-3-13-17(21)16(10-12-2-1-7-23-12)24-18(13)14(15)11-19-5-8-22-9-6-19/h1-4,7,10,20H,5-6,8-9,11H2/p+1/b16-10-. The Hall–Kier alpha value is -2.57. The van der Waals surface area contributed by atoms with Crippen LogP contribution in [0.2, 0.25) is 0 Å². The molecule has 0 saturated carbocycles. The fraction of sp³-hybridized carbons (Fsp3) is 0.278. The summed E-state index contributed by atoms with van der Waals surface area (Å²) in [5.41, 5.74) is 1.15. The first-order valence-electron chi connectivity index (χ1n) is 7.96. The minimum absolute atomic E-state index is 0.153. The van der Waals surface area contributed by atoms with Gasteiger partial charge in [0, 0.05) is 6.08 Å². The number of phenolic OH excluding ortho intramolecular Hbond substituents is 1. The Morgan fingerprint density at radius 3 is 2.79 bits per heavy atom. The highest BCUT2D eigenvalue weighted by atomic mass is 16.5. The number of nitrogens with one attached hydrogen (secondary N) is 1. The summed E-state index contributed by atoms with van der Waals surface area (Å²) in [5.74, 6) is 1.18. The predicted octanol–water partition coefficient (Wildman–Crippen LogP) is 1.02. The summed E-state index contributed by atoms with van der Waals surface area (Å²) in [7, 11) is 0. The first-order valence-corrected chi connectivity index (χ1v) is 7.96. The molecule has 1 saturated heterocycles. The summed E-state index contributed by atoms with van der Waals surface area (Å²) >= 11 is 0. The molecular weight excluding hydrogens is 310 g/mol. The van der Waals surface area contributed by atoms with E-state index in [1.165, 1.54) is 11.2 Å². The fourth-order valence-electron chi connectivity index (χ4n) is 3.06.